The van der Waals surface area contributed by atoms with Crippen LogP contribution in [0.4, 0.5) is 0 Å². The van der Waals surface area contributed by atoms with Crippen LogP contribution in [0, 0.1) is 18.8 Å². The van der Waals surface area contributed by atoms with Gasteiger partial charge in [0.25, 0.3) is 0 Å². The molecule has 1 unspecified atom stereocenters. The van der Waals surface area contributed by atoms with Gasteiger partial charge in [0.1, 0.15) is 12.0 Å². The lowest BCUT2D eigenvalue weighted by atomic mass is 9.94. The molecule has 14 heavy (non-hydrogen) atoms. The molecule has 0 amide bonds. The SMILES string of the molecule is Cc1cc(CC(C=O)CC(C)C)no1. The monoisotopic (exact) mass is 195 g/mol. The summed E-state index contributed by atoms with van der Waals surface area (Å²) in [5, 5.41) is 3.88. The predicted molar refractivity (Wildman–Crippen MR) is 54.0 cm³/mol. The first-order valence-electron chi connectivity index (χ1n) is 4.99. The molecule has 1 aromatic rings. The fourth-order valence-electron chi connectivity index (χ4n) is 1.58. The third kappa shape index (κ3) is 3.32. The number of nitrogens with zero attached hydrogens (tertiary/aromatic N) is 1. The molecule has 0 aliphatic rings. The van der Waals surface area contributed by atoms with Crippen molar-refractivity contribution >= 4 is 6.29 Å². The number of rotatable bonds is 5. The van der Waals surface area contributed by atoms with Gasteiger partial charge < -0.3 is 9.32 Å². The first-order valence-corrected chi connectivity index (χ1v) is 4.99. The Kier molecular flexibility index (Phi) is 3.86. The second kappa shape index (κ2) is 4.94. The Morgan fingerprint density at radius 1 is 1.57 bits per heavy atom. The van der Waals surface area contributed by atoms with Crippen LogP contribution < -0.4 is 0 Å². The van der Waals surface area contributed by atoms with Crippen LogP contribution in [0.3, 0.4) is 0 Å². The van der Waals surface area contributed by atoms with E-state index in [1.165, 1.54) is 0 Å². The fourth-order valence-corrected chi connectivity index (χ4v) is 1.58. The van der Waals surface area contributed by atoms with Gasteiger partial charge in [-0.05, 0) is 19.3 Å². The Hall–Kier alpha value is -1.12. The molecule has 0 radical (unpaired) electrons. The second-order valence-corrected chi connectivity index (χ2v) is 4.16. The molecule has 0 N–H and O–H groups in total. The van der Waals surface area contributed by atoms with Crippen LogP contribution >= 0.6 is 0 Å². The van der Waals surface area contributed by atoms with Gasteiger partial charge in [-0.25, -0.2) is 0 Å². The molecule has 0 saturated heterocycles. The van der Waals surface area contributed by atoms with E-state index in [4.69, 9.17) is 4.52 Å². The minimum absolute atomic E-state index is 0.0690. The number of carbonyl (C=O) groups is 1. The average molecular weight is 195 g/mol. The van der Waals surface area contributed by atoms with Crippen LogP contribution in [-0.4, -0.2) is 11.4 Å². The molecule has 0 bridgehead atoms. The van der Waals surface area contributed by atoms with Gasteiger partial charge in [0.2, 0.25) is 0 Å². The number of hydrogen-bond donors (Lipinski definition) is 0. The van der Waals surface area contributed by atoms with Crippen LogP contribution in [0.1, 0.15) is 31.7 Å². The van der Waals surface area contributed by atoms with E-state index < -0.39 is 0 Å². The zero-order valence-electron chi connectivity index (χ0n) is 8.99. The van der Waals surface area contributed by atoms with Gasteiger partial charge >= 0.3 is 0 Å². The van der Waals surface area contributed by atoms with Crippen molar-refractivity contribution in [3.05, 3.63) is 17.5 Å². The molecule has 0 aliphatic carbocycles. The Balaban J connectivity index is 2.52. The third-order valence-corrected chi connectivity index (χ3v) is 2.11. The molecule has 1 atom stereocenters. The summed E-state index contributed by atoms with van der Waals surface area (Å²) in [5.74, 6) is 1.41. The van der Waals surface area contributed by atoms with Gasteiger partial charge in [0.15, 0.2) is 0 Å². The van der Waals surface area contributed by atoms with Crippen molar-refractivity contribution < 1.29 is 9.32 Å². The summed E-state index contributed by atoms with van der Waals surface area (Å²) in [6, 6.07) is 1.89. The smallest absolute Gasteiger partial charge is 0.133 e. The van der Waals surface area contributed by atoms with Gasteiger partial charge in [-0.2, -0.15) is 0 Å². The highest BCUT2D eigenvalue weighted by molar-refractivity contribution is 5.54. The van der Waals surface area contributed by atoms with Gasteiger partial charge in [-0.1, -0.05) is 19.0 Å². The standard InChI is InChI=1S/C11H17NO2/c1-8(2)4-10(7-13)6-11-5-9(3)14-12-11/h5,7-8,10H,4,6H2,1-3H3. The molecule has 3 heteroatoms. The van der Waals surface area contributed by atoms with Crippen molar-refractivity contribution in [1.29, 1.82) is 0 Å². The largest absolute Gasteiger partial charge is 0.361 e. The Morgan fingerprint density at radius 3 is 2.71 bits per heavy atom. The number of aromatic nitrogens is 1. The highest BCUT2D eigenvalue weighted by atomic mass is 16.5. The van der Waals surface area contributed by atoms with Gasteiger partial charge in [-0.15, -0.1) is 0 Å². The summed E-state index contributed by atoms with van der Waals surface area (Å²) < 4.78 is 4.95. The summed E-state index contributed by atoms with van der Waals surface area (Å²) in [4.78, 5) is 10.8. The van der Waals surface area contributed by atoms with Crippen molar-refractivity contribution in [3.8, 4) is 0 Å². The van der Waals surface area contributed by atoms with E-state index >= 15 is 0 Å². The van der Waals surface area contributed by atoms with E-state index in [0.717, 1.165) is 24.2 Å². The Morgan fingerprint density at radius 2 is 2.29 bits per heavy atom. The number of aldehydes is 1. The molecule has 0 aliphatic heterocycles. The molecule has 0 spiro atoms. The van der Waals surface area contributed by atoms with Crippen molar-refractivity contribution in [2.75, 3.05) is 0 Å². The van der Waals surface area contributed by atoms with E-state index in [2.05, 4.69) is 19.0 Å². The molecule has 0 saturated carbocycles. The van der Waals surface area contributed by atoms with Crippen molar-refractivity contribution in [2.24, 2.45) is 11.8 Å². The lowest BCUT2D eigenvalue weighted by molar-refractivity contribution is -0.111. The van der Waals surface area contributed by atoms with Crippen LogP contribution in [0.5, 0.6) is 0 Å². The quantitative estimate of drug-likeness (QED) is 0.677. The van der Waals surface area contributed by atoms with E-state index in [0.29, 0.717) is 12.3 Å². The van der Waals surface area contributed by atoms with E-state index in [1.807, 2.05) is 13.0 Å². The lowest BCUT2D eigenvalue weighted by Crippen LogP contribution is -2.09. The molecular formula is C11H17NO2. The summed E-state index contributed by atoms with van der Waals surface area (Å²) in [7, 11) is 0. The molecule has 1 aromatic heterocycles. The molecule has 78 valence electrons. The maximum Gasteiger partial charge on any atom is 0.133 e. The van der Waals surface area contributed by atoms with Crippen molar-refractivity contribution in [2.45, 2.75) is 33.6 Å². The van der Waals surface area contributed by atoms with Crippen LogP contribution in [0.15, 0.2) is 10.6 Å². The second-order valence-electron chi connectivity index (χ2n) is 4.16. The van der Waals surface area contributed by atoms with Gasteiger partial charge in [0, 0.05) is 18.4 Å². The summed E-state index contributed by atoms with van der Waals surface area (Å²) in [5.41, 5.74) is 0.875. The Labute approximate surface area is 84.5 Å². The molecule has 1 rings (SSSR count). The summed E-state index contributed by atoms with van der Waals surface area (Å²) >= 11 is 0. The normalized spacial score (nSPS) is 13.1. The maximum absolute atomic E-state index is 10.8. The molecule has 0 fully saturated rings. The lowest BCUT2D eigenvalue weighted by Gasteiger charge is -2.10. The van der Waals surface area contributed by atoms with Gasteiger partial charge in [-0.3, -0.25) is 0 Å². The minimum atomic E-state index is 0.0690. The molecule has 0 aromatic carbocycles. The molecular weight excluding hydrogens is 178 g/mol. The fraction of sp³-hybridized carbons (Fsp3) is 0.636. The molecule has 1 heterocycles. The zero-order valence-corrected chi connectivity index (χ0v) is 8.99. The summed E-state index contributed by atoms with van der Waals surface area (Å²) in [6.45, 7) is 6.09. The van der Waals surface area contributed by atoms with E-state index in [9.17, 15) is 4.79 Å². The maximum atomic E-state index is 10.8. The van der Waals surface area contributed by atoms with E-state index in [1.54, 1.807) is 0 Å². The Bertz CT molecular complexity index is 291. The van der Waals surface area contributed by atoms with Crippen molar-refractivity contribution in [1.82, 2.24) is 5.16 Å². The topological polar surface area (TPSA) is 43.1 Å². The number of hydrogen-bond acceptors (Lipinski definition) is 3. The molecule has 3 nitrogen and oxygen atoms in total. The van der Waals surface area contributed by atoms with Crippen molar-refractivity contribution in [3.63, 3.8) is 0 Å². The highest BCUT2D eigenvalue weighted by Crippen LogP contribution is 2.15. The van der Waals surface area contributed by atoms with Crippen LogP contribution in [0.25, 0.3) is 0 Å². The number of carbonyl (C=O) groups excluding carboxylic acids is 1. The first-order chi connectivity index (χ1) is 6.61. The van der Waals surface area contributed by atoms with Crippen LogP contribution in [-0.2, 0) is 11.2 Å². The summed E-state index contributed by atoms with van der Waals surface area (Å²) in [6.07, 6.45) is 2.62. The minimum Gasteiger partial charge on any atom is -0.361 e. The third-order valence-electron chi connectivity index (χ3n) is 2.11. The highest BCUT2D eigenvalue weighted by Gasteiger charge is 2.12. The number of aryl methyl sites for hydroxylation is 1. The van der Waals surface area contributed by atoms with E-state index in [-0.39, 0.29) is 5.92 Å². The zero-order chi connectivity index (χ0) is 10.6. The van der Waals surface area contributed by atoms with Gasteiger partial charge in [0.05, 0.1) is 5.69 Å². The van der Waals surface area contributed by atoms with Crippen LogP contribution in [0.2, 0.25) is 0 Å². The average Bonchev–Trinajstić information content (AvgIpc) is 2.49. The predicted octanol–water partition coefficient (Wildman–Crippen LogP) is 2.39. The first kappa shape index (κ1) is 11.0.